The van der Waals surface area contributed by atoms with Crippen molar-refractivity contribution in [1.29, 1.82) is 0 Å². The van der Waals surface area contributed by atoms with Gasteiger partial charge in [-0.05, 0) is 48.4 Å². The molecule has 1 nitrogen and oxygen atoms in total. The van der Waals surface area contributed by atoms with Crippen LogP contribution in [0.1, 0.15) is 11.1 Å². The van der Waals surface area contributed by atoms with Gasteiger partial charge in [-0.15, -0.1) is 12.4 Å². The fourth-order valence-corrected chi connectivity index (χ4v) is 2.29. The van der Waals surface area contributed by atoms with Crippen molar-refractivity contribution in [1.82, 2.24) is 5.32 Å². The lowest BCUT2D eigenvalue weighted by atomic mass is 10.1. The highest BCUT2D eigenvalue weighted by molar-refractivity contribution is 6.35. The molecular formula is C15H15Cl3FN. The molecule has 0 saturated heterocycles. The SMILES string of the molecule is Cl.Fc1ccc(CNCCc2ccc(Cl)cc2Cl)cc1. The standard InChI is InChI=1S/C15H14Cl2FN.ClH/c16-13-4-3-12(15(17)9-13)7-8-19-10-11-1-5-14(18)6-2-11;/h1-6,9,19H,7-8,10H2;1H. The van der Waals surface area contributed by atoms with Crippen LogP contribution in [0.15, 0.2) is 42.5 Å². The van der Waals surface area contributed by atoms with Crippen molar-refractivity contribution in [2.45, 2.75) is 13.0 Å². The minimum Gasteiger partial charge on any atom is -0.312 e. The van der Waals surface area contributed by atoms with Gasteiger partial charge in [0, 0.05) is 16.6 Å². The molecule has 0 aliphatic heterocycles. The average molecular weight is 335 g/mol. The van der Waals surface area contributed by atoms with Crippen molar-refractivity contribution in [3.8, 4) is 0 Å². The topological polar surface area (TPSA) is 12.0 Å². The number of hydrogen-bond donors (Lipinski definition) is 1. The van der Waals surface area contributed by atoms with E-state index >= 15 is 0 Å². The third-order valence-electron chi connectivity index (χ3n) is 2.83. The van der Waals surface area contributed by atoms with Crippen LogP contribution in [0.3, 0.4) is 0 Å². The summed E-state index contributed by atoms with van der Waals surface area (Å²) in [4.78, 5) is 0. The highest BCUT2D eigenvalue weighted by Gasteiger charge is 2.01. The summed E-state index contributed by atoms with van der Waals surface area (Å²) in [6, 6.07) is 12.0. The summed E-state index contributed by atoms with van der Waals surface area (Å²) in [6.07, 6.45) is 0.831. The van der Waals surface area contributed by atoms with E-state index in [2.05, 4.69) is 5.32 Å². The summed E-state index contributed by atoms with van der Waals surface area (Å²) in [5.41, 5.74) is 2.13. The Morgan fingerprint density at radius 1 is 1.00 bits per heavy atom. The Morgan fingerprint density at radius 3 is 2.35 bits per heavy atom. The van der Waals surface area contributed by atoms with Crippen molar-refractivity contribution in [3.63, 3.8) is 0 Å². The summed E-state index contributed by atoms with van der Waals surface area (Å²) < 4.78 is 12.7. The van der Waals surface area contributed by atoms with E-state index in [4.69, 9.17) is 23.2 Å². The summed E-state index contributed by atoms with van der Waals surface area (Å²) in [7, 11) is 0. The average Bonchev–Trinajstić information content (AvgIpc) is 2.39. The van der Waals surface area contributed by atoms with Gasteiger partial charge in [-0.1, -0.05) is 41.4 Å². The summed E-state index contributed by atoms with van der Waals surface area (Å²) in [5, 5.41) is 4.63. The Bertz CT molecular complexity index is 543. The predicted octanol–water partition coefficient (Wildman–Crippen LogP) is 4.89. The fourth-order valence-electron chi connectivity index (χ4n) is 1.78. The van der Waals surface area contributed by atoms with Crippen LogP contribution in [0.2, 0.25) is 10.0 Å². The molecule has 0 fully saturated rings. The second kappa shape index (κ2) is 8.48. The maximum Gasteiger partial charge on any atom is 0.123 e. The second-order valence-electron chi connectivity index (χ2n) is 4.29. The van der Waals surface area contributed by atoms with E-state index < -0.39 is 0 Å². The van der Waals surface area contributed by atoms with E-state index in [1.54, 1.807) is 18.2 Å². The zero-order valence-electron chi connectivity index (χ0n) is 10.7. The molecule has 0 saturated carbocycles. The van der Waals surface area contributed by atoms with Gasteiger partial charge in [0.05, 0.1) is 0 Å². The number of hydrogen-bond acceptors (Lipinski definition) is 1. The van der Waals surface area contributed by atoms with Crippen LogP contribution in [-0.4, -0.2) is 6.54 Å². The molecule has 1 N–H and O–H groups in total. The first-order valence-electron chi connectivity index (χ1n) is 6.04. The van der Waals surface area contributed by atoms with Crippen LogP contribution in [0.25, 0.3) is 0 Å². The third kappa shape index (κ3) is 5.29. The fraction of sp³-hybridized carbons (Fsp3) is 0.200. The molecule has 0 bridgehead atoms. The monoisotopic (exact) mass is 333 g/mol. The minimum atomic E-state index is -0.211. The van der Waals surface area contributed by atoms with E-state index in [0.29, 0.717) is 16.6 Å². The lowest BCUT2D eigenvalue weighted by molar-refractivity contribution is 0.625. The van der Waals surface area contributed by atoms with Crippen LogP contribution in [0.4, 0.5) is 4.39 Å². The number of nitrogens with one attached hydrogen (secondary N) is 1. The van der Waals surface area contributed by atoms with Crippen molar-refractivity contribution >= 4 is 35.6 Å². The first kappa shape index (κ1) is 17.3. The third-order valence-corrected chi connectivity index (χ3v) is 3.42. The van der Waals surface area contributed by atoms with Gasteiger partial charge in [0.2, 0.25) is 0 Å². The van der Waals surface area contributed by atoms with E-state index in [1.165, 1.54) is 12.1 Å². The Kier molecular flexibility index (Phi) is 7.31. The predicted molar refractivity (Wildman–Crippen MR) is 85.5 cm³/mol. The molecule has 2 rings (SSSR count). The van der Waals surface area contributed by atoms with Gasteiger partial charge in [0.1, 0.15) is 5.82 Å². The largest absolute Gasteiger partial charge is 0.312 e. The normalized spacial score (nSPS) is 10.2. The molecule has 0 aliphatic carbocycles. The Hall–Kier alpha value is -0.800. The van der Waals surface area contributed by atoms with Crippen LogP contribution in [0.5, 0.6) is 0 Å². The minimum absolute atomic E-state index is 0. The number of rotatable bonds is 5. The van der Waals surface area contributed by atoms with Crippen molar-refractivity contribution in [2.75, 3.05) is 6.54 Å². The Balaban J connectivity index is 0.00000200. The molecule has 0 unspecified atom stereocenters. The summed E-state index contributed by atoms with van der Waals surface area (Å²) >= 11 is 11.9. The van der Waals surface area contributed by atoms with Crippen LogP contribution in [-0.2, 0) is 13.0 Å². The molecule has 2 aromatic carbocycles. The molecule has 108 valence electrons. The molecule has 0 amide bonds. The Labute approximate surface area is 134 Å². The summed E-state index contributed by atoms with van der Waals surface area (Å²) in [6.45, 7) is 1.52. The first-order chi connectivity index (χ1) is 9.15. The van der Waals surface area contributed by atoms with Gasteiger partial charge in [0.25, 0.3) is 0 Å². The van der Waals surface area contributed by atoms with Gasteiger partial charge in [-0.25, -0.2) is 4.39 Å². The van der Waals surface area contributed by atoms with E-state index in [9.17, 15) is 4.39 Å². The second-order valence-corrected chi connectivity index (χ2v) is 5.13. The summed E-state index contributed by atoms with van der Waals surface area (Å²) in [5.74, 6) is -0.211. The molecule has 0 spiro atoms. The van der Waals surface area contributed by atoms with Crippen LogP contribution >= 0.6 is 35.6 Å². The van der Waals surface area contributed by atoms with Gasteiger partial charge < -0.3 is 5.32 Å². The molecule has 0 radical (unpaired) electrons. The lowest BCUT2D eigenvalue weighted by Gasteiger charge is -2.07. The first-order valence-corrected chi connectivity index (χ1v) is 6.80. The zero-order chi connectivity index (χ0) is 13.7. The number of benzene rings is 2. The molecule has 5 heteroatoms. The van der Waals surface area contributed by atoms with Gasteiger partial charge in [-0.3, -0.25) is 0 Å². The maximum absolute atomic E-state index is 12.7. The highest BCUT2D eigenvalue weighted by Crippen LogP contribution is 2.21. The highest BCUT2D eigenvalue weighted by atomic mass is 35.5. The van der Waals surface area contributed by atoms with E-state index in [0.717, 1.165) is 24.1 Å². The smallest absolute Gasteiger partial charge is 0.123 e. The van der Waals surface area contributed by atoms with Crippen LogP contribution < -0.4 is 5.32 Å². The molecule has 0 atom stereocenters. The van der Waals surface area contributed by atoms with Crippen molar-refractivity contribution in [3.05, 3.63) is 69.5 Å². The van der Waals surface area contributed by atoms with Crippen molar-refractivity contribution in [2.24, 2.45) is 0 Å². The Morgan fingerprint density at radius 2 is 1.70 bits per heavy atom. The van der Waals surface area contributed by atoms with Gasteiger partial charge in [0.15, 0.2) is 0 Å². The van der Waals surface area contributed by atoms with Crippen molar-refractivity contribution < 1.29 is 4.39 Å². The van der Waals surface area contributed by atoms with Gasteiger partial charge >= 0.3 is 0 Å². The quantitative estimate of drug-likeness (QED) is 0.768. The van der Waals surface area contributed by atoms with E-state index in [1.807, 2.05) is 12.1 Å². The van der Waals surface area contributed by atoms with E-state index in [-0.39, 0.29) is 18.2 Å². The molecule has 0 heterocycles. The molecule has 0 aromatic heterocycles. The molecule has 2 aromatic rings. The lowest BCUT2D eigenvalue weighted by Crippen LogP contribution is -2.16. The zero-order valence-corrected chi connectivity index (χ0v) is 13.0. The van der Waals surface area contributed by atoms with Gasteiger partial charge in [-0.2, -0.15) is 0 Å². The molecular weight excluding hydrogens is 320 g/mol. The maximum atomic E-state index is 12.7. The molecule has 0 aliphatic rings. The number of halogens is 4. The molecule has 20 heavy (non-hydrogen) atoms. The van der Waals surface area contributed by atoms with Crippen LogP contribution in [0, 0.1) is 5.82 Å².